The van der Waals surface area contributed by atoms with E-state index in [0.29, 0.717) is 29.0 Å². The van der Waals surface area contributed by atoms with Gasteiger partial charge in [0.1, 0.15) is 22.9 Å². The molecule has 2 aromatic carbocycles. The molecule has 1 saturated carbocycles. The first-order valence-corrected chi connectivity index (χ1v) is 15.2. The van der Waals surface area contributed by atoms with Gasteiger partial charge in [-0.2, -0.15) is 0 Å². The van der Waals surface area contributed by atoms with Gasteiger partial charge in [-0.3, -0.25) is 4.90 Å². The van der Waals surface area contributed by atoms with E-state index in [1.807, 2.05) is 37.3 Å². The number of anilines is 3. The van der Waals surface area contributed by atoms with E-state index in [1.165, 1.54) is 39.0 Å². The zero-order valence-corrected chi connectivity index (χ0v) is 24.8. The Morgan fingerprint density at radius 3 is 2.40 bits per heavy atom. The molecule has 0 unspecified atom stereocenters. The van der Waals surface area contributed by atoms with Gasteiger partial charge in [-0.05, 0) is 69.5 Å². The monoisotopic (exact) mass is 581 g/mol. The number of fused-ring (bicyclic) bond motifs is 2. The van der Waals surface area contributed by atoms with Gasteiger partial charge >= 0.3 is 0 Å². The van der Waals surface area contributed by atoms with E-state index in [2.05, 4.69) is 60.0 Å². The van der Waals surface area contributed by atoms with Crippen LogP contribution in [0.1, 0.15) is 37.3 Å². The Labute approximate surface area is 250 Å². The van der Waals surface area contributed by atoms with Crippen LogP contribution in [-0.4, -0.2) is 73.6 Å². The summed E-state index contributed by atoms with van der Waals surface area (Å²) in [5, 5.41) is 5.50. The second-order valence-electron chi connectivity index (χ2n) is 11.8. The fourth-order valence-corrected chi connectivity index (χ4v) is 6.85. The van der Waals surface area contributed by atoms with E-state index in [9.17, 15) is 0 Å². The predicted octanol–water partition coefficient (Wildman–Crippen LogP) is 6.06. The molecule has 0 amide bonds. The molecule has 3 aromatic heterocycles. The Kier molecular flexibility index (Phi) is 7.17. The Balaban J connectivity index is 1.12. The van der Waals surface area contributed by atoms with Crippen molar-refractivity contribution in [2.75, 3.05) is 44.3 Å². The maximum atomic E-state index is 6.47. The minimum absolute atomic E-state index is 0.402. The van der Waals surface area contributed by atoms with Gasteiger partial charge in [-0.15, -0.1) is 0 Å². The lowest BCUT2D eigenvalue weighted by Crippen LogP contribution is -2.49. The van der Waals surface area contributed by atoms with Crippen molar-refractivity contribution in [1.82, 2.24) is 34.3 Å². The van der Waals surface area contributed by atoms with Crippen LogP contribution in [0.2, 0.25) is 5.15 Å². The first-order chi connectivity index (χ1) is 20.4. The smallest absolute Gasteiger partial charge is 0.229 e. The topological polar surface area (TPSA) is 101 Å². The van der Waals surface area contributed by atoms with E-state index in [0.717, 1.165) is 57.2 Å². The van der Waals surface area contributed by atoms with Crippen molar-refractivity contribution in [2.24, 2.45) is 0 Å². The summed E-state index contributed by atoms with van der Waals surface area (Å²) >= 11 is 6.47. The maximum absolute atomic E-state index is 6.47. The normalized spacial score (nSPS) is 20.4. The average Bonchev–Trinajstić information content (AvgIpc) is 3.40. The first kappa shape index (κ1) is 27.1. The van der Waals surface area contributed by atoms with E-state index >= 15 is 0 Å². The van der Waals surface area contributed by atoms with Gasteiger partial charge in [0.2, 0.25) is 5.95 Å². The summed E-state index contributed by atoms with van der Waals surface area (Å²) in [6, 6.07) is 15.3. The van der Waals surface area contributed by atoms with Crippen LogP contribution in [0.3, 0.4) is 0 Å². The molecule has 2 aliphatic rings. The quantitative estimate of drug-likeness (QED) is 0.242. The lowest BCUT2D eigenvalue weighted by atomic mass is 9.89. The van der Waals surface area contributed by atoms with E-state index < -0.39 is 0 Å². The second kappa shape index (κ2) is 11.1. The van der Waals surface area contributed by atoms with Crippen molar-refractivity contribution in [3.63, 3.8) is 0 Å². The van der Waals surface area contributed by atoms with Crippen LogP contribution in [0.15, 0.2) is 55.0 Å². The number of hydrogen-bond acceptors (Lipinski definition) is 8. The molecule has 4 heterocycles. The highest BCUT2D eigenvalue weighted by Gasteiger charge is 2.30. The van der Waals surface area contributed by atoms with Crippen LogP contribution in [0.5, 0.6) is 0 Å². The molecule has 216 valence electrons. The van der Waals surface area contributed by atoms with Crippen molar-refractivity contribution >= 4 is 51.0 Å². The van der Waals surface area contributed by atoms with Gasteiger partial charge < -0.3 is 20.5 Å². The van der Waals surface area contributed by atoms with Gasteiger partial charge in [0.05, 0.1) is 10.9 Å². The molecule has 0 atom stereocenters. The molecule has 3 N–H and O–H groups in total. The van der Waals surface area contributed by atoms with Gasteiger partial charge in [-0.1, -0.05) is 35.4 Å². The largest absolute Gasteiger partial charge is 0.383 e. The minimum Gasteiger partial charge on any atom is -0.383 e. The Morgan fingerprint density at radius 2 is 1.64 bits per heavy atom. The van der Waals surface area contributed by atoms with E-state index in [-0.39, 0.29) is 0 Å². The molecule has 0 radical (unpaired) electrons. The molecule has 10 heteroatoms. The standard InChI is InChI=1S/C32H36ClN9/c1-20-3-12-27-25(17-20)29(33)39-32(38-27)37-22-6-4-21(5-7-22)26-18-42(31-28(26)30(34)35-19-36-31)24-10-8-23(9-11-24)41-15-13-40(2)14-16-41/h3-7,12,17-19,23-24H,8-11,13-16H2,1-2H3,(H2,34,35,36)(H,37,38,39)/t23-,24-. The van der Waals surface area contributed by atoms with E-state index in [1.54, 1.807) is 6.33 Å². The number of piperazine rings is 1. The number of rotatable bonds is 5. The highest BCUT2D eigenvalue weighted by Crippen LogP contribution is 2.39. The number of aromatic nitrogens is 5. The summed E-state index contributed by atoms with van der Waals surface area (Å²) in [5.74, 6) is 0.974. The predicted molar refractivity (Wildman–Crippen MR) is 170 cm³/mol. The number of nitrogens with two attached hydrogens (primary N) is 1. The zero-order chi connectivity index (χ0) is 28.8. The Morgan fingerprint density at radius 1 is 0.905 bits per heavy atom. The molecule has 7 rings (SSSR count). The van der Waals surface area contributed by atoms with Crippen LogP contribution in [0, 0.1) is 6.92 Å². The summed E-state index contributed by atoms with van der Waals surface area (Å²) in [4.78, 5) is 23.3. The number of aryl methyl sites for hydroxylation is 1. The third kappa shape index (κ3) is 5.17. The minimum atomic E-state index is 0.402. The lowest BCUT2D eigenvalue weighted by molar-refractivity contribution is 0.0828. The van der Waals surface area contributed by atoms with Crippen LogP contribution >= 0.6 is 11.6 Å². The van der Waals surface area contributed by atoms with Crippen LogP contribution in [0.25, 0.3) is 33.1 Å². The fraction of sp³-hybridized carbons (Fsp3) is 0.375. The number of likely N-dealkylation sites (N-methyl/N-ethyl adjacent to an activating group) is 1. The van der Waals surface area contributed by atoms with Crippen molar-refractivity contribution < 1.29 is 0 Å². The van der Waals surface area contributed by atoms with Gasteiger partial charge in [0, 0.05) is 61.1 Å². The second-order valence-corrected chi connectivity index (χ2v) is 12.1. The van der Waals surface area contributed by atoms with Gasteiger partial charge in [0.25, 0.3) is 0 Å². The average molecular weight is 582 g/mol. The number of nitrogens with zero attached hydrogens (tertiary/aromatic N) is 7. The summed E-state index contributed by atoms with van der Waals surface area (Å²) < 4.78 is 2.35. The summed E-state index contributed by atoms with van der Waals surface area (Å²) in [6.07, 6.45) is 8.52. The lowest BCUT2D eigenvalue weighted by Gasteiger charge is -2.41. The third-order valence-electron chi connectivity index (χ3n) is 9.01. The van der Waals surface area contributed by atoms with Gasteiger partial charge in [0.15, 0.2) is 0 Å². The van der Waals surface area contributed by atoms with Crippen molar-refractivity contribution in [2.45, 2.75) is 44.7 Å². The zero-order valence-electron chi connectivity index (χ0n) is 24.1. The van der Waals surface area contributed by atoms with Crippen molar-refractivity contribution in [1.29, 1.82) is 0 Å². The maximum Gasteiger partial charge on any atom is 0.229 e. The summed E-state index contributed by atoms with van der Waals surface area (Å²) in [6.45, 7) is 6.71. The summed E-state index contributed by atoms with van der Waals surface area (Å²) in [5.41, 5.74) is 12.3. The molecule has 0 spiro atoms. The Hall–Kier alpha value is -3.79. The first-order valence-electron chi connectivity index (χ1n) is 14.8. The number of nitrogen functional groups attached to an aromatic ring is 1. The van der Waals surface area contributed by atoms with Crippen LogP contribution < -0.4 is 11.1 Å². The number of nitrogens with one attached hydrogen (secondary N) is 1. The molecule has 1 aliphatic carbocycles. The highest BCUT2D eigenvalue weighted by molar-refractivity contribution is 6.34. The molecular weight excluding hydrogens is 546 g/mol. The number of benzene rings is 2. The van der Waals surface area contributed by atoms with Gasteiger partial charge in [-0.25, -0.2) is 19.9 Å². The van der Waals surface area contributed by atoms with Crippen LogP contribution in [0.4, 0.5) is 17.5 Å². The number of halogens is 1. The Bertz CT molecular complexity index is 1730. The SMILES string of the molecule is Cc1ccc2nc(Nc3ccc(-c4cn([C@H]5CC[C@H](N6CCN(C)CC6)CC5)c5ncnc(N)c45)cc3)nc(Cl)c2c1. The molecular formula is C32H36ClN9. The molecule has 5 aromatic rings. The van der Waals surface area contributed by atoms with Crippen LogP contribution in [-0.2, 0) is 0 Å². The molecule has 1 saturated heterocycles. The van der Waals surface area contributed by atoms with Crippen molar-refractivity contribution in [3.05, 3.63) is 65.7 Å². The molecule has 2 fully saturated rings. The number of hydrogen-bond donors (Lipinski definition) is 2. The molecule has 9 nitrogen and oxygen atoms in total. The molecule has 42 heavy (non-hydrogen) atoms. The summed E-state index contributed by atoms with van der Waals surface area (Å²) in [7, 11) is 2.22. The van der Waals surface area contributed by atoms with Crippen molar-refractivity contribution in [3.8, 4) is 11.1 Å². The van der Waals surface area contributed by atoms with E-state index in [4.69, 9.17) is 22.3 Å². The molecule has 1 aliphatic heterocycles. The highest BCUT2D eigenvalue weighted by atomic mass is 35.5. The third-order valence-corrected chi connectivity index (χ3v) is 9.30. The molecule has 0 bridgehead atoms. The fourth-order valence-electron chi connectivity index (χ4n) is 6.62.